The van der Waals surface area contributed by atoms with Crippen LogP contribution in [0.3, 0.4) is 0 Å². The summed E-state index contributed by atoms with van der Waals surface area (Å²) in [5, 5.41) is 0.00583. The molecule has 0 atom stereocenters. The molecule has 8 heteroatoms. The van der Waals surface area contributed by atoms with Crippen LogP contribution >= 0.6 is 23.4 Å². The van der Waals surface area contributed by atoms with Crippen LogP contribution in [-0.4, -0.2) is 35.5 Å². The van der Waals surface area contributed by atoms with Crippen molar-refractivity contribution < 1.29 is 23.9 Å². The number of nitrogens with zero attached hydrogens (tertiary/aromatic N) is 1. The van der Waals surface area contributed by atoms with E-state index in [1.54, 1.807) is 48.5 Å². The molecule has 0 unspecified atom stereocenters. The number of methoxy groups -OCH3 is 1. The Labute approximate surface area is 212 Å². The van der Waals surface area contributed by atoms with Crippen molar-refractivity contribution in [1.29, 1.82) is 0 Å². The van der Waals surface area contributed by atoms with E-state index in [-0.39, 0.29) is 17.2 Å². The van der Waals surface area contributed by atoms with Crippen molar-refractivity contribution in [1.82, 2.24) is 4.90 Å². The molecule has 0 radical (unpaired) electrons. The lowest BCUT2D eigenvalue weighted by atomic mass is 10.1. The van der Waals surface area contributed by atoms with Crippen LogP contribution in [-0.2, 0) is 11.4 Å². The molecule has 0 saturated carbocycles. The molecule has 1 heterocycles. The molecule has 0 N–H and O–H groups in total. The third-order valence-corrected chi connectivity index (χ3v) is 6.46. The molecule has 6 nitrogen and oxygen atoms in total. The highest BCUT2D eigenvalue weighted by Crippen LogP contribution is 2.35. The summed E-state index contributed by atoms with van der Waals surface area (Å²) in [5.74, 6) is 0.208. The lowest BCUT2D eigenvalue weighted by molar-refractivity contribution is -0.122. The maximum Gasteiger partial charge on any atom is 0.293 e. The van der Waals surface area contributed by atoms with Gasteiger partial charge in [0.2, 0.25) is 0 Å². The van der Waals surface area contributed by atoms with Gasteiger partial charge in [0.15, 0.2) is 17.3 Å². The second-order valence-corrected chi connectivity index (χ2v) is 9.32. The average Bonchev–Trinajstić information content (AvgIpc) is 3.10. The fourth-order valence-electron chi connectivity index (χ4n) is 3.51. The Morgan fingerprint density at radius 1 is 1.03 bits per heavy atom. The smallest absolute Gasteiger partial charge is 0.293 e. The number of hydrogen-bond donors (Lipinski definition) is 0. The zero-order valence-electron chi connectivity index (χ0n) is 19.1. The number of halogens is 1. The summed E-state index contributed by atoms with van der Waals surface area (Å²) in [6, 6.07) is 19.6. The molecule has 0 bridgehead atoms. The van der Waals surface area contributed by atoms with Gasteiger partial charge >= 0.3 is 0 Å². The van der Waals surface area contributed by atoms with Gasteiger partial charge in [0.05, 0.1) is 18.6 Å². The number of thioether (sulfide) groups is 1. The van der Waals surface area contributed by atoms with E-state index in [1.165, 1.54) is 7.11 Å². The van der Waals surface area contributed by atoms with E-state index < -0.39 is 11.1 Å². The molecule has 1 fully saturated rings. The van der Waals surface area contributed by atoms with Crippen molar-refractivity contribution in [3.8, 4) is 11.5 Å². The van der Waals surface area contributed by atoms with Crippen molar-refractivity contribution in [2.45, 2.75) is 13.5 Å². The van der Waals surface area contributed by atoms with Crippen molar-refractivity contribution >= 4 is 46.4 Å². The Morgan fingerprint density at radius 3 is 2.51 bits per heavy atom. The van der Waals surface area contributed by atoms with Gasteiger partial charge in [-0.1, -0.05) is 47.5 Å². The number of benzene rings is 3. The maximum atomic E-state index is 12.8. The number of carbonyl (C=O) groups is 3. The lowest BCUT2D eigenvalue weighted by Crippen LogP contribution is -2.33. The number of ether oxygens (including phenoxy) is 2. The number of aryl methyl sites for hydroxylation is 1. The van der Waals surface area contributed by atoms with E-state index in [4.69, 9.17) is 21.1 Å². The standard InChI is InChI=1S/C27H22ClNO5S/c1-17-4-3-5-19(12-17)16-34-23-11-6-18(13-24(23)33-2)14-25-26(31)29(27(32)35-25)15-22(30)20-7-9-21(28)10-8-20/h3-14H,15-16H2,1-2H3/b25-14-. The molecule has 3 aromatic carbocycles. The van der Waals surface area contributed by atoms with Gasteiger partial charge < -0.3 is 9.47 Å². The fraction of sp³-hybridized carbons (Fsp3) is 0.148. The van der Waals surface area contributed by atoms with Crippen LogP contribution in [0.4, 0.5) is 4.79 Å². The highest BCUT2D eigenvalue weighted by Gasteiger charge is 2.36. The second-order valence-electron chi connectivity index (χ2n) is 7.89. The topological polar surface area (TPSA) is 72.9 Å². The quantitative estimate of drug-likeness (QED) is 0.269. The summed E-state index contributed by atoms with van der Waals surface area (Å²) in [5.41, 5.74) is 3.23. The van der Waals surface area contributed by atoms with Gasteiger partial charge in [0.25, 0.3) is 11.1 Å². The minimum absolute atomic E-state index is 0.231. The summed E-state index contributed by atoms with van der Waals surface area (Å²) in [7, 11) is 1.54. The number of Topliss-reactive ketones (excluding diaryl/α,β-unsaturated/α-hetero) is 1. The molecule has 0 spiro atoms. The molecule has 3 aromatic rings. The zero-order chi connectivity index (χ0) is 24.9. The van der Waals surface area contributed by atoms with Gasteiger partial charge in [-0.15, -0.1) is 0 Å². The Bertz CT molecular complexity index is 1320. The number of carbonyl (C=O) groups excluding carboxylic acids is 3. The Balaban J connectivity index is 1.46. The van der Waals surface area contributed by atoms with E-state index >= 15 is 0 Å². The normalized spacial score (nSPS) is 14.5. The summed E-state index contributed by atoms with van der Waals surface area (Å²) in [6.45, 7) is 2.07. The predicted molar refractivity (Wildman–Crippen MR) is 137 cm³/mol. The highest BCUT2D eigenvalue weighted by molar-refractivity contribution is 8.18. The van der Waals surface area contributed by atoms with E-state index in [9.17, 15) is 14.4 Å². The minimum atomic E-state index is -0.513. The average molecular weight is 508 g/mol. The molecule has 0 aliphatic carbocycles. The molecular formula is C27H22ClNO5S. The summed E-state index contributed by atoms with van der Waals surface area (Å²) >= 11 is 6.65. The lowest BCUT2D eigenvalue weighted by Gasteiger charge is -2.12. The van der Waals surface area contributed by atoms with E-state index in [0.29, 0.717) is 34.3 Å². The van der Waals surface area contributed by atoms with Crippen molar-refractivity contribution in [2.24, 2.45) is 0 Å². The van der Waals surface area contributed by atoms with E-state index in [1.807, 2.05) is 25.1 Å². The van der Waals surface area contributed by atoms with Crippen LogP contribution in [0.5, 0.6) is 11.5 Å². The van der Waals surface area contributed by atoms with Gasteiger partial charge in [-0.25, -0.2) is 0 Å². The number of ketones is 1. The first-order valence-corrected chi connectivity index (χ1v) is 11.9. The largest absolute Gasteiger partial charge is 0.493 e. The monoisotopic (exact) mass is 507 g/mol. The van der Waals surface area contributed by atoms with Gasteiger partial charge in [-0.3, -0.25) is 19.3 Å². The zero-order valence-corrected chi connectivity index (χ0v) is 20.7. The number of imide groups is 1. The Kier molecular flexibility index (Phi) is 7.58. The van der Waals surface area contributed by atoms with Gasteiger partial charge in [0, 0.05) is 10.6 Å². The van der Waals surface area contributed by atoms with E-state index in [2.05, 4.69) is 6.07 Å². The van der Waals surface area contributed by atoms with Crippen molar-refractivity contribution in [2.75, 3.05) is 13.7 Å². The molecule has 0 aromatic heterocycles. The van der Waals surface area contributed by atoms with Crippen LogP contribution in [0.25, 0.3) is 6.08 Å². The molecule has 1 aliphatic heterocycles. The maximum absolute atomic E-state index is 12.8. The van der Waals surface area contributed by atoms with Crippen LogP contribution in [0.15, 0.2) is 71.6 Å². The van der Waals surface area contributed by atoms with Gasteiger partial charge in [-0.2, -0.15) is 0 Å². The first-order valence-electron chi connectivity index (χ1n) is 10.7. The number of rotatable bonds is 8. The molecule has 178 valence electrons. The third kappa shape index (κ3) is 5.93. The Morgan fingerprint density at radius 2 is 1.80 bits per heavy atom. The summed E-state index contributed by atoms with van der Waals surface area (Å²) in [4.78, 5) is 39.0. The van der Waals surface area contributed by atoms with Gasteiger partial charge in [0.1, 0.15) is 6.61 Å². The van der Waals surface area contributed by atoms with E-state index in [0.717, 1.165) is 27.8 Å². The summed E-state index contributed by atoms with van der Waals surface area (Å²) < 4.78 is 11.4. The van der Waals surface area contributed by atoms with Crippen LogP contribution in [0.2, 0.25) is 5.02 Å². The molecule has 1 aliphatic rings. The predicted octanol–water partition coefficient (Wildman–Crippen LogP) is 6.16. The molecule has 1 saturated heterocycles. The van der Waals surface area contributed by atoms with Crippen LogP contribution in [0.1, 0.15) is 27.0 Å². The fourth-order valence-corrected chi connectivity index (χ4v) is 4.48. The van der Waals surface area contributed by atoms with Crippen LogP contribution < -0.4 is 9.47 Å². The van der Waals surface area contributed by atoms with Crippen molar-refractivity contribution in [3.05, 3.63) is 98.9 Å². The number of amides is 2. The molecular weight excluding hydrogens is 486 g/mol. The minimum Gasteiger partial charge on any atom is -0.493 e. The molecule has 4 rings (SSSR count). The number of hydrogen-bond acceptors (Lipinski definition) is 6. The highest BCUT2D eigenvalue weighted by atomic mass is 35.5. The third-order valence-electron chi connectivity index (χ3n) is 5.30. The van der Waals surface area contributed by atoms with Crippen molar-refractivity contribution in [3.63, 3.8) is 0 Å². The van der Waals surface area contributed by atoms with Gasteiger partial charge in [-0.05, 0) is 72.3 Å². The summed E-state index contributed by atoms with van der Waals surface area (Å²) in [6.07, 6.45) is 1.60. The Hall–Kier alpha value is -3.55. The van der Waals surface area contributed by atoms with Crippen LogP contribution in [0, 0.1) is 6.92 Å². The molecule has 35 heavy (non-hydrogen) atoms. The second kappa shape index (κ2) is 10.8. The first-order chi connectivity index (χ1) is 16.8. The first kappa shape index (κ1) is 24.6. The SMILES string of the molecule is COc1cc(/C=C2\SC(=O)N(CC(=O)c3ccc(Cl)cc3)C2=O)ccc1OCc1cccc(C)c1. The molecule has 2 amide bonds.